The van der Waals surface area contributed by atoms with Gasteiger partial charge < -0.3 is 9.47 Å². The maximum absolute atomic E-state index is 11.8. The second kappa shape index (κ2) is 6.10. The summed E-state index contributed by atoms with van der Waals surface area (Å²) in [5.74, 6) is 0.157. The first-order valence-electron chi connectivity index (χ1n) is 6.47. The molecule has 1 aromatic heterocycles. The number of ether oxygens (including phenoxy) is 2. The monoisotopic (exact) mass is 314 g/mol. The molecule has 0 saturated carbocycles. The van der Waals surface area contributed by atoms with E-state index in [9.17, 15) is 14.9 Å². The highest BCUT2D eigenvalue weighted by atomic mass is 16.7. The summed E-state index contributed by atoms with van der Waals surface area (Å²) in [6, 6.07) is 7.54. The molecule has 1 amide bonds. The molecule has 9 heteroatoms. The van der Waals surface area contributed by atoms with E-state index in [4.69, 9.17) is 9.47 Å². The number of pyridine rings is 1. The van der Waals surface area contributed by atoms with Gasteiger partial charge in [0.25, 0.3) is 11.6 Å². The molecule has 0 bridgehead atoms. The zero-order valence-corrected chi connectivity index (χ0v) is 11.6. The third-order valence-corrected chi connectivity index (χ3v) is 2.99. The van der Waals surface area contributed by atoms with Crippen LogP contribution in [0.5, 0.6) is 11.5 Å². The average Bonchev–Trinajstić information content (AvgIpc) is 3.02. The smallest absolute Gasteiger partial charge is 0.289 e. The zero-order chi connectivity index (χ0) is 16.2. The molecule has 1 aliphatic heterocycles. The van der Waals surface area contributed by atoms with E-state index in [-0.39, 0.29) is 23.7 Å². The van der Waals surface area contributed by atoms with E-state index in [1.807, 2.05) is 0 Å². The third-order valence-electron chi connectivity index (χ3n) is 2.99. The number of nitro benzene ring substituents is 1. The number of hydrogen-bond acceptors (Lipinski definition) is 7. The molecule has 0 spiro atoms. The normalized spacial score (nSPS) is 12.3. The highest BCUT2D eigenvalue weighted by Crippen LogP contribution is 2.37. The topological polar surface area (TPSA) is 116 Å². The first kappa shape index (κ1) is 14.4. The number of nitrogens with zero attached hydrogens (tertiary/aromatic N) is 3. The number of carbonyl (C=O) groups is 1. The Morgan fingerprint density at radius 3 is 2.83 bits per heavy atom. The molecule has 3 rings (SSSR count). The van der Waals surface area contributed by atoms with E-state index < -0.39 is 10.8 Å². The first-order valence-corrected chi connectivity index (χ1v) is 6.47. The standard InChI is InChI=1S/C14H10N4O5/c19-14(10-3-1-2-4-15-10)17-16-7-9-5-12-13(23-8-22-12)6-11(9)18(20)21/h1-7H,8H2,(H,17,19)/b16-7+. The first-order chi connectivity index (χ1) is 11.1. The molecule has 116 valence electrons. The van der Waals surface area contributed by atoms with E-state index in [1.165, 1.54) is 30.6 Å². The van der Waals surface area contributed by atoms with Crippen molar-refractivity contribution in [2.75, 3.05) is 6.79 Å². The molecule has 0 unspecified atom stereocenters. The van der Waals surface area contributed by atoms with Crippen LogP contribution in [0.4, 0.5) is 5.69 Å². The quantitative estimate of drug-likeness (QED) is 0.519. The van der Waals surface area contributed by atoms with Gasteiger partial charge in [-0.15, -0.1) is 0 Å². The number of nitro groups is 1. The van der Waals surface area contributed by atoms with Gasteiger partial charge in [-0.05, 0) is 18.2 Å². The van der Waals surface area contributed by atoms with Crippen molar-refractivity contribution in [2.45, 2.75) is 0 Å². The molecule has 0 radical (unpaired) electrons. The summed E-state index contributed by atoms with van der Waals surface area (Å²) in [6.45, 7) is 0.00347. The molecule has 0 saturated heterocycles. The highest BCUT2D eigenvalue weighted by molar-refractivity contribution is 5.93. The summed E-state index contributed by atoms with van der Waals surface area (Å²) in [6.07, 6.45) is 2.64. The van der Waals surface area contributed by atoms with Crippen LogP contribution in [-0.2, 0) is 0 Å². The van der Waals surface area contributed by atoms with Gasteiger partial charge in [-0.3, -0.25) is 19.9 Å². The van der Waals surface area contributed by atoms with Crippen molar-refractivity contribution in [3.05, 3.63) is 57.9 Å². The molecular formula is C14H10N4O5. The van der Waals surface area contributed by atoms with Gasteiger partial charge in [-0.25, -0.2) is 5.43 Å². The predicted molar refractivity (Wildman–Crippen MR) is 78.5 cm³/mol. The van der Waals surface area contributed by atoms with E-state index in [1.54, 1.807) is 12.1 Å². The number of amides is 1. The average molecular weight is 314 g/mol. The SMILES string of the molecule is O=C(N/N=C/c1cc2c(cc1[N+](=O)[O-])OCO2)c1ccccn1. The van der Waals surface area contributed by atoms with Crippen molar-refractivity contribution in [2.24, 2.45) is 5.10 Å². The summed E-state index contributed by atoms with van der Waals surface area (Å²) in [7, 11) is 0. The predicted octanol–water partition coefficient (Wildman–Crippen LogP) is 1.48. The molecule has 1 N–H and O–H groups in total. The Kier molecular flexibility index (Phi) is 3.83. The Balaban J connectivity index is 1.79. The second-order valence-corrected chi connectivity index (χ2v) is 4.44. The van der Waals surface area contributed by atoms with Crippen molar-refractivity contribution in [1.82, 2.24) is 10.4 Å². The fourth-order valence-corrected chi connectivity index (χ4v) is 1.92. The third kappa shape index (κ3) is 3.07. The maximum atomic E-state index is 11.8. The molecule has 1 aliphatic rings. The van der Waals surface area contributed by atoms with Crippen LogP contribution in [0.2, 0.25) is 0 Å². The summed E-state index contributed by atoms with van der Waals surface area (Å²) in [4.78, 5) is 26.2. The van der Waals surface area contributed by atoms with Gasteiger partial charge in [0.05, 0.1) is 22.8 Å². The Morgan fingerprint density at radius 2 is 2.13 bits per heavy atom. The fourth-order valence-electron chi connectivity index (χ4n) is 1.92. The minimum absolute atomic E-state index is 0.00347. The second-order valence-electron chi connectivity index (χ2n) is 4.44. The van der Waals surface area contributed by atoms with Crippen LogP contribution in [0.25, 0.3) is 0 Å². The van der Waals surface area contributed by atoms with Crippen molar-refractivity contribution in [1.29, 1.82) is 0 Å². The van der Waals surface area contributed by atoms with Gasteiger partial charge in [-0.2, -0.15) is 5.10 Å². The summed E-state index contributed by atoms with van der Waals surface area (Å²) >= 11 is 0. The zero-order valence-electron chi connectivity index (χ0n) is 11.6. The molecule has 0 atom stereocenters. The van der Waals surface area contributed by atoms with Crippen molar-refractivity contribution in [3.63, 3.8) is 0 Å². The highest BCUT2D eigenvalue weighted by Gasteiger charge is 2.22. The van der Waals surface area contributed by atoms with Gasteiger partial charge in [0.1, 0.15) is 5.69 Å². The number of carbonyl (C=O) groups excluding carboxylic acids is 1. The van der Waals surface area contributed by atoms with Gasteiger partial charge in [-0.1, -0.05) is 6.07 Å². The molecule has 0 fully saturated rings. The van der Waals surface area contributed by atoms with E-state index in [2.05, 4.69) is 15.5 Å². The van der Waals surface area contributed by atoms with E-state index in [0.717, 1.165) is 0 Å². The number of hydrazone groups is 1. The Labute approximate surface area is 129 Å². The van der Waals surface area contributed by atoms with Crippen molar-refractivity contribution < 1.29 is 19.2 Å². The summed E-state index contributed by atoms with van der Waals surface area (Å²) in [5, 5.41) is 14.8. The number of rotatable bonds is 4. The molecular weight excluding hydrogens is 304 g/mol. The number of nitrogens with one attached hydrogen (secondary N) is 1. The van der Waals surface area contributed by atoms with Gasteiger partial charge in [0.15, 0.2) is 11.5 Å². The Morgan fingerprint density at radius 1 is 1.35 bits per heavy atom. The number of benzene rings is 1. The minimum atomic E-state index is -0.566. The molecule has 0 aliphatic carbocycles. The minimum Gasteiger partial charge on any atom is -0.454 e. The molecule has 1 aromatic carbocycles. The fraction of sp³-hybridized carbons (Fsp3) is 0.0714. The Bertz CT molecular complexity index is 791. The molecule has 2 aromatic rings. The maximum Gasteiger partial charge on any atom is 0.289 e. The van der Waals surface area contributed by atoms with Crippen LogP contribution >= 0.6 is 0 Å². The largest absolute Gasteiger partial charge is 0.454 e. The lowest BCUT2D eigenvalue weighted by atomic mass is 10.1. The molecule has 9 nitrogen and oxygen atoms in total. The summed E-state index contributed by atoms with van der Waals surface area (Å²) < 4.78 is 10.3. The lowest BCUT2D eigenvalue weighted by molar-refractivity contribution is -0.385. The van der Waals surface area contributed by atoms with Crippen LogP contribution in [0, 0.1) is 10.1 Å². The molecule has 23 heavy (non-hydrogen) atoms. The number of fused-ring (bicyclic) bond motifs is 1. The number of hydrogen-bond donors (Lipinski definition) is 1. The van der Waals surface area contributed by atoms with Crippen molar-refractivity contribution >= 4 is 17.8 Å². The Hall–Kier alpha value is -3.49. The van der Waals surface area contributed by atoms with Gasteiger partial charge in [0, 0.05) is 6.20 Å². The van der Waals surface area contributed by atoms with Gasteiger partial charge in [0.2, 0.25) is 6.79 Å². The van der Waals surface area contributed by atoms with Gasteiger partial charge >= 0.3 is 0 Å². The van der Waals surface area contributed by atoms with E-state index in [0.29, 0.717) is 11.5 Å². The van der Waals surface area contributed by atoms with Crippen molar-refractivity contribution in [3.8, 4) is 11.5 Å². The summed E-state index contributed by atoms with van der Waals surface area (Å²) in [5.41, 5.74) is 2.42. The van der Waals surface area contributed by atoms with E-state index >= 15 is 0 Å². The van der Waals surface area contributed by atoms with Crippen LogP contribution < -0.4 is 14.9 Å². The van der Waals surface area contributed by atoms with Crippen LogP contribution in [0.3, 0.4) is 0 Å². The van der Waals surface area contributed by atoms with Crippen LogP contribution in [0.15, 0.2) is 41.6 Å². The lowest BCUT2D eigenvalue weighted by Gasteiger charge is -2.01. The van der Waals surface area contributed by atoms with Crippen LogP contribution in [-0.4, -0.2) is 28.8 Å². The van der Waals surface area contributed by atoms with Crippen LogP contribution in [0.1, 0.15) is 16.1 Å². The number of aromatic nitrogens is 1. The lowest BCUT2D eigenvalue weighted by Crippen LogP contribution is -2.18. The molecule has 2 heterocycles.